The number of carbonyl (C=O) groups is 2. The maximum atomic E-state index is 11.8. The molecule has 0 heterocycles. The van der Waals surface area contributed by atoms with Crippen molar-refractivity contribution < 1.29 is 14.7 Å². The summed E-state index contributed by atoms with van der Waals surface area (Å²) in [4.78, 5) is 22.6. The summed E-state index contributed by atoms with van der Waals surface area (Å²) in [5.41, 5.74) is 6.90. The molecule has 0 spiro atoms. The first kappa shape index (κ1) is 14.2. The third-order valence-corrected chi connectivity index (χ3v) is 2.95. The fraction of sp³-hybridized carbons (Fsp3) is 0.385. The molecule has 5 nitrogen and oxygen atoms in total. The van der Waals surface area contributed by atoms with Crippen LogP contribution < -0.4 is 11.1 Å². The maximum absolute atomic E-state index is 11.8. The number of rotatable bonds is 5. The molecule has 0 aliphatic rings. The highest BCUT2D eigenvalue weighted by atomic mass is 16.4. The van der Waals surface area contributed by atoms with Gasteiger partial charge in [-0.15, -0.1) is 0 Å². The van der Waals surface area contributed by atoms with Gasteiger partial charge >= 0.3 is 5.97 Å². The van der Waals surface area contributed by atoms with Crippen LogP contribution in [0.1, 0.15) is 29.8 Å². The van der Waals surface area contributed by atoms with Gasteiger partial charge in [0, 0.05) is 18.2 Å². The number of nitrogens with two attached hydrogens (primary N) is 1. The Labute approximate surface area is 106 Å². The predicted octanol–water partition coefficient (Wildman–Crippen LogP) is 0.984. The van der Waals surface area contributed by atoms with Crippen LogP contribution in [0.2, 0.25) is 0 Å². The molecule has 0 aliphatic carbocycles. The van der Waals surface area contributed by atoms with Crippen LogP contribution in [-0.4, -0.2) is 23.0 Å². The minimum Gasteiger partial charge on any atom is -0.481 e. The van der Waals surface area contributed by atoms with Crippen LogP contribution >= 0.6 is 0 Å². The minimum absolute atomic E-state index is 0.279. The van der Waals surface area contributed by atoms with E-state index < -0.39 is 17.9 Å². The molecule has 98 valence electrons. The highest BCUT2D eigenvalue weighted by Crippen LogP contribution is 2.07. The molecule has 0 radical (unpaired) electrons. The Balaban J connectivity index is 2.67. The molecular formula is C13H18N2O3. The van der Waals surface area contributed by atoms with Crippen LogP contribution in [0.15, 0.2) is 24.3 Å². The number of nitrogens with one attached hydrogen (secondary N) is 1. The third-order valence-electron chi connectivity index (χ3n) is 2.95. The van der Waals surface area contributed by atoms with Gasteiger partial charge in [-0.3, -0.25) is 9.59 Å². The third kappa shape index (κ3) is 3.56. The zero-order valence-electron chi connectivity index (χ0n) is 10.5. The summed E-state index contributed by atoms with van der Waals surface area (Å²) in [7, 11) is 0. The van der Waals surface area contributed by atoms with Gasteiger partial charge in [0.1, 0.15) is 0 Å². The van der Waals surface area contributed by atoms with Crippen LogP contribution in [0, 0.1) is 5.92 Å². The maximum Gasteiger partial charge on any atom is 0.308 e. The van der Waals surface area contributed by atoms with Crippen molar-refractivity contribution in [3.05, 3.63) is 35.4 Å². The van der Waals surface area contributed by atoms with E-state index in [1.165, 1.54) is 0 Å². The fourth-order valence-electron chi connectivity index (χ4n) is 1.42. The number of carboxylic acid groups (broad SMARTS) is 1. The van der Waals surface area contributed by atoms with Crippen molar-refractivity contribution in [1.29, 1.82) is 0 Å². The number of benzene rings is 1. The molecule has 1 rings (SSSR count). The second-order valence-corrected chi connectivity index (χ2v) is 4.29. The van der Waals surface area contributed by atoms with E-state index in [1.807, 2.05) is 0 Å². The second kappa shape index (κ2) is 6.16. The Morgan fingerprint density at radius 1 is 1.28 bits per heavy atom. The summed E-state index contributed by atoms with van der Waals surface area (Å²) in [5.74, 6) is -1.84. The second-order valence-electron chi connectivity index (χ2n) is 4.29. The lowest BCUT2D eigenvalue weighted by Gasteiger charge is -2.17. The fourth-order valence-corrected chi connectivity index (χ4v) is 1.42. The number of carboxylic acids is 1. The molecular weight excluding hydrogens is 232 g/mol. The standard InChI is InChI=1S/C13H18N2O3/c1-8(13(17)18)9(2)15-12(16)11-5-3-10(7-14)4-6-11/h3-6,8-9H,7,14H2,1-2H3,(H,15,16)(H,17,18). The minimum atomic E-state index is -0.929. The van der Waals surface area contributed by atoms with E-state index in [4.69, 9.17) is 10.8 Å². The summed E-state index contributed by atoms with van der Waals surface area (Å²) in [6.45, 7) is 3.66. The van der Waals surface area contributed by atoms with Gasteiger partial charge in [-0.2, -0.15) is 0 Å². The molecule has 2 atom stereocenters. The van der Waals surface area contributed by atoms with Crippen LogP contribution in [0.4, 0.5) is 0 Å². The van der Waals surface area contributed by atoms with Crippen LogP contribution in [0.25, 0.3) is 0 Å². The highest BCUT2D eigenvalue weighted by molar-refractivity contribution is 5.94. The lowest BCUT2D eigenvalue weighted by molar-refractivity contribution is -0.141. The van der Waals surface area contributed by atoms with Crippen molar-refractivity contribution in [2.75, 3.05) is 0 Å². The number of amides is 1. The van der Waals surface area contributed by atoms with Crippen LogP contribution in [0.3, 0.4) is 0 Å². The van der Waals surface area contributed by atoms with Crippen LogP contribution in [0.5, 0.6) is 0 Å². The van der Waals surface area contributed by atoms with Gasteiger partial charge in [0.25, 0.3) is 5.91 Å². The zero-order chi connectivity index (χ0) is 13.7. The molecule has 2 unspecified atom stereocenters. The molecule has 0 fully saturated rings. The molecule has 5 heteroatoms. The van der Waals surface area contributed by atoms with E-state index >= 15 is 0 Å². The molecule has 1 amide bonds. The van der Waals surface area contributed by atoms with Gasteiger partial charge in [-0.25, -0.2) is 0 Å². The summed E-state index contributed by atoms with van der Waals surface area (Å²) in [6.07, 6.45) is 0. The Morgan fingerprint density at radius 2 is 1.83 bits per heavy atom. The topological polar surface area (TPSA) is 92.4 Å². The average molecular weight is 250 g/mol. The van der Waals surface area contributed by atoms with Crippen molar-refractivity contribution in [3.63, 3.8) is 0 Å². The molecule has 0 saturated carbocycles. The van der Waals surface area contributed by atoms with E-state index in [1.54, 1.807) is 38.1 Å². The molecule has 1 aromatic carbocycles. The summed E-state index contributed by atoms with van der Waals surface area (Å²) >= 11 is 0. The van der Waals surface area contributed by atoms with Crippen molar-refractivity contribution >= 4 is 11.9 Å². The quantitative estimate of drug-likeness (QED) is 0.726. The van der Waals surface area contributed by atoms with Gasteiger partial charge in [-0.1, -0.05) is 12.1 Å². The van der Waals surface area contributed by atoms with Crippen molar-refractivity contribution in [2.45, 2.75) is 26.4 Å². The normalized spacial score (nSPS) is 13.7. The van der Waals surface area contributed by atoms with Crippen molar-refractivity contribution in [2.24, 2.45) is 11.7 Å². The monoisotopic (exact) mass is 250 g/mol. The van der Waals surface area contributed by atoms with E-state index in [0.29, 0.717) is 12.1 Å². The molecule has 18 heavy (non-hydrogen) atoms. The first-order valence-corrected chi connectivity index (χ1v) is 5.78. The van der Waals surface area contributed by atoms with E-state index in [0.717, 1.165) is 5.56 Å². The number of hydrogen-bond acceptors (Lipinski definition) is 3. The van der Waals surface area contributed by atoms with Gasteiger partial charge in [0.05, 0.1) is 5.92 Å². The van der Waals surface area contributed by atoms with Gasteiger partial charge in [0.2, 0.25) is 0 Å². The predicted molar refractivity (Wildman–Crippen MR) is 68.1 cm³/mol. The van der Waals surface area contributed by atoms with Gasteiger partial charge in [0.15, 0.2) is 0 Å². The first-order valence-electron chi connectivity index (χ1n) is 5.78. The number of hydrogen-bond donors (Lipinski definition) is 3. The molecule has 0 aromatic heterocycles. The summed E-state index contributed by atoms with van der Waals surface area (Å²) in [5, 5.41) is 11.5. The van der Waals surface area contributed by atoms with Gasteiger partial charge < -0.3 is 16.2 Å². The van der Waals surface area contributed by atoms with Crippen molar-refractivity contribution in [1.82, 2.24) is 5.32 Å². The van der Waals surface area contributed by atoms with E-state index in [-0.39, 0.29) is 5.91 Å². The SMILES string of the molecule is CC(NC(=O)c1ccc(CN)cc1)C(C)C(=O)O. The summed E-state index contributed by atoms with van der Waals surface area (Å²) in [6, 6.07) is 6.48. The Kier molecular flexibility index (Phi) is 4.85. The van der Waals surface area contributed by atoms with E-state index in [2.05, 4.69) is 5.32 Å². The smallest absolute Gasteiger partial charge is 0.308 e. The highest BCUT2D eigenvalue weighted by Gasteiger charge is 2.21. The average Bonchev–Trinajstić information content (AvgIpc) is 2.37. The molecule has 0 aliphatic heterocycles. The Hall–Kier alpha value is -1.88. The summed E-state index contributed by atoms with van der Waals surface area (Å²) < 4.78 is 0. The number of carbonyl (C=O) groups excluding carboxylic acids is 1. The molecule has 0 saturated heterocycles. The zero-order valence-corrected chi connectivity index (χ0v) is 10.5. The van der Waals surface area contributed by atoms with Gasteiger partial charge in [-0.05, 0) is 31.5 Å². The largest absolute Gasteiger partial charge is 0.481 e. The lowest BCUT2D eigenvalue weighted by atomic mass is 10.0. The lowest BCUT2D eigenvalue weighted by Crippen LogP contribution is -2.40. The number of aliphatic carboxylic acids is 1. The van der Waals surface area contributed by atoms with Crippen molar-refractivity contribution in [3.8, 4) is 0 Å². The van der Waals surface area contributed by atoms with E-state index in [9.17, 15) is 9.59 Å². The molecule has 0 bridgehead atoms. The first-order chi connectivity index (χ1) is 8.45. The Bertz CT molecular complexity index is 428. The molecule has 4 N–H and O–H groups in total. The molecule has 1 aromatic rings. The Morgan fingerprint density at radius 3 is 2.28 bits per heavy atom. The van der Waals surface area contributed by atoms with Crippen LogP contribution in [-0.2, 0) is 11.3 Å².